The van der Waals surface area contributed by atoms with Gasteiger partial charge in [-0.1, -0.05) is 15.9 Å². The number of hydrogen-bond acceptors (Lipinski definition) is 2. The fraction of sp³-hybridized carbons (Fsp3) is 0.353. The van der Waals surface area contributed by atoms with Crippen LogP contribution in [-0.4, -0.2) is 35.0 Å². The molecule has 1 atom stereocenters. The molecule has 0 fully saturated rings. The number of benzene rings is 1. The van der Waals surface area contributed by atoms with Gasteiger partial charge in [0.2, 0.25) is 0 Å². The number of carbonyl (C=O) groups excluding carboxylic acids is 1. The fourth-order valence-electron chi connectivity index (χ4n) is 2.52. The van der Waals surface area contributed by atoms with Crippen LogP contribution in [-0.2, 0) is 0 Å². The Balaban J connectivity index is 2.43. The highest BCUT2D eigenvalue weighted by Crippen LogP contribution is 2.23. The summed E-state index contributed by atoms with van der Waals surface area (Å²) in [6, 6.07) is 10.0. The number of likely N-dealkylation sites (N-methyl/N-ethyl adjacent to an activating group) is 1. The van der Waals surface area contributed by atoms with Crippen molar-refractivity contribution in [3.05, 3.63) is 51.8 Å². The van der Waals surface area contributed by atoms with E-state index >= 15 is 0 Å². The standard InChI is InChI=1S/C17H22BrN3O/c1-11-9-16(17(22)20(4)12(2)10-19)13(3)21(11)15-7-5-14(18)6-8-15/h5-9,12H,10,19H2,1-4H3. The molecule has 2 rings (SSSR count). The van der Waals surface area contributed by atoms with E-state index in [1.54, 1.807) is 11.9 Å². The third-order valence-electron chi connectivity index (χ3n) is 4.07. The van der Waals surface area contributed by atoms with Crippen LogP contribution < -0.4 is 5.73 Å². The topological polar surface area (TPSA) is 51.3 Å². The van der Waals surface area contributed by atoms with Crippen LogP contribution in [0.25, 0.3) is 5.69 Å². The number of amides is 1. The third kappa shape index (κ3) is 3.10. The summed E-state index contributed by atoms with van der Waals surface area (Å²) < 4.78 is 3.13. The van der Waals surface area contributed by atoms with Crippen LogP contribution in [0.1, 0.15) is 28.7 Å². The Morgan fingerprint density at radius 1 is 1.32 bits per heavy atom. The molecule has 1 unspecified atom stereocenters. The Kier molecular flexibility index (Phi) is 5.08. The smallest absolute Gasteiger partial charge is 0.255 e. The van der Waals surface area contributed by atoms with Crippen LogP contribution in [0.4, 0.5) is 0 Å². The van der Waals surface area contributed by atoms with Crippen LogP contribution in [0.15, 0.2) is 34.8 Å². The zero-order valence-electron chi connectivity index (χ0n) is 13.4. The molecule has 0 saturated carbocycles. The average molecular weight is 364 g/mol. The quantitative estimate of drug-likeness (QED) is 0.905. The molecule has 1 heterocycles. The van der Waals surface area contributed by atoms with E-state index in [4.69, 9.17) is 5.73 Å². The molecule has 118 valence electrons. The molecule has 2 N–H and O–H groups in total. The van der Waals surface area contributed by atoms with E-state index in [0.717, 1.165) is 27.1 Å². The predicted molar refractivity (Wildman–Crippen MR) is 93.6 cm³/mol. The second kappa shape index (κ2) is 6.67. The average Bonchev–Trinajstić information content (AvgIpc) is 2.81. The van der Waals surface area contributed by atoms with Crippen molar-refractivity contribution in [3.8, 4) is 5.69 Å². The number of aromatic nitrogens is 1. The van der Waals surface area contributed by atoms with E-state index in [2.05, 4.69) is 20.5 Å². The molecule has 22 heavy (non-hydrogen) atoms. The zero-order chi connectivity index (χ0) is 16.4. The summed E-state index contributed by atoms with van der Waals surface area (Å²) in [5.74, 6) is 0.00871. The van der Waals surface area contributed by atoms with Crippen molar-refractivity contribution in [1.29, 1.82) is 0 Å². The minimum atomic E-state index is 0.00871. The lowest BCUT2D eigenvalue weighted by Gasteiger charge is -2.23. The normalized spacial score (nSPS) is 12.3. The first-order chi connectivity index (χ1) is 10.4. The minimum Gasteiger partial charge on any atom is -0.338 e. The number of aryl methyl sites for hydroxylation is 1. The predicted octanol–water partition coefficient (Wildman–Crippen LogP) is 3.28. The molecule has 0 saturated heterocycles. The third-order valence-corrected chi connectivity index (χ3v) is 4.60. The second-order valence-corrected chi connectivity index (χ2v) is 6.51. The van der Waals surface area contributed by atoms with Gasteiger partial charge in [-0.05, 0) is 51.1 Å². The lowest BCUT2D eigenvalue weighted by Crippen LogP contribution is -2.39. The SMILES string of the molecule is Cc1cc(C(=O)N(C)C(C)CN)c(C)n1-c1ccc(Br)cc1. The van der Waals surface area contributed by atoms with Crippen LogP contribution in [0.2, 0.25) is 0 Å². The Hall–Kier alpha value is -1.59. The monoisotopic (exact) mass is 363 g/mol. The van der Waals surface area contributed by atoms with Crippen molar-refractivity contribution in [3.63, 3.8) is 0 Å². The Morgan fingerprint density at radius 3 is 2.45 bits per heavy atom. The molecule has 1 aromatic carbocycles. The Morgan fingerprint density at radius 2 is 1.91 bits per heavy atom. The van der Waals surface area contributed by atoms with Gasteiger partial charge in [0.25, 0.3) is 5.91 Å². The highest BCUT2D eigenvalue weighted by atomic mass is 79.9. The molecule has 0 aliphatic heterocycles. The Bertz CT molecular complexity index is 676. The van der Waals surface area contributed by atoms with Crippen molar-refractivity contribution in [2.45, 2.75) is 26.8 Å². The van der Waals surface area contributed by atoms with Gasteiger partial charge in [0.15, 0.2) is 0 Å². The minimum absolute atomic E-state index is 0.00871. The maximum absolute atomic E-state index is 12.7. The van der Waals surface area contributed by atoms with E-state index in [1.165, 1.54) is 0 Å². The number of halogens is 1. The zero-order valence-corrected chi connectivity index (χ0v) is 15.0. The molecule has 1 aromatic heterocycles. The summed E-state index contributed by atoms with van der Waals surface area (Å²) in [5.41, 5.74) is 9.42. The highest BCUT2D eigenvalue weighted by molar-refractivity contribution is 9.10. The molecular formula is C17H22BrN3O. The Labute approximate surface area is 140 Å². The summed E-state index contributed by atoms with van der Waals surface area (Å²) in [7, 11) is 1.80. The first kappa shape index (κ1) is 16.8. The largest absolute Gasteiger partial charge is 0.338 e. The number of rotatable bonds is 4. The molecule has 4 nitrogen and oxygen atoms in total. The number of nitrogens with zero attached hydrogens (tertiary/aromatic N) is 2. The molecule has 0 radical (unpaired) electrons. The fourth-order valence-corrected chi connectivity index (χ4v) is 2.78. The molecule has 2 aromatic rings. The van der Waals surface area contributed by atoms with Gasteiger partial charge in [-0.3, -0.25) is 4.79 Å². The number of hydrogen-bond donors (Lipinski definition) is 1. The van der Waals surface area contributed by atoms with Crippen LogP contribution in [0, 0.1) is 13.8 Å². The van der Waals surface area contributed by atoms with Crippen molar-refractivity contribution < 1.29 is 4.79 Å². The van der Waals surface area contributed by atoms with Gasteiger partial charge in [0.05, 0.1) is 5.56 Å². The van der Waals surface area contributed by atoms with Gasteiger partial charge in [0.1, 0.15) is 0 Å². The summed E-state index contributed by atoms with van der Waals surface area (Å²) in [6.07, 6.45) is 0. The van der Waals surface area contributed by atoms with Gasteiger partial charge < -0.3 is 15.2 Å². The maximum Gasteiger partial charge on any atom is 0.255 e. The molecule has 0 aliphatic rings. The van der Waals surface area contributed by atoms with Crippen molar-refractivity contribution in [2.24, 2.45) is 5.73 Å². The van der Waals surface area contributed by atoms with Crippen LogP contribution in [0.3, 0.4) is 0 Å². The van der Waals surface area contributed by atoms with Gasteiger partial charge in [-0.2, -0.15) is 0 Å². The maximum atomic E-state index is 12.7. The lowest BCUT2D eigenvalue weighted by atomic mass is 10.2. The van der Waals surface area contributed by atoms with Crippen molar-refractivity contribution in [2.75, 3.05) is 13.6 Å². The molecule has 0 aliphatic carbocycles. The van der Waals surface area contributed by atoms with Gasteiger partial charge in [-0.25, -0.2) is 0 Å². The molecule has 1 amide bonds. The van der Waals surface area contributed by atoms with Crippen molar-refractivity contribution in [1.82, 2.24) is 9.47 Å². The van der Waals surface area contributed by atoms with E-state index in [-0.39, 0.29) is 11.9 Å². The van der Waals surface area contributed by atoms with E-state index in [9.17, 15) is 4.79 Å². The summed E-state index contributed by atoms with van der Waals surface area (Å²) in [5, 5.41) is 0. The van der Waals surface area contributed by atoms with E-state index < -0.39 is 0 Å². The molecule has 0 spiro atoms. The summed E-state index contributed by atoms with van der Waals surface area (Å²) in [4.78, 5) is 14.4. The highest BCUT2D eigenvalue weighted by Gasteiger charge is 2.22. The van der Waals surface area contributed by atoms with Crippen molar-refractivity contribution >= 4 is 21.8 Å². The first-order valence-corrected chi connectivity index (χ1v) is 8.08. The van der Waals surface area contributed by atoms with E-state index in [0.29, 0.717) is 6.54 Å². The van der Waals surface area contributed by atoms with Crippen LogP contribution >= 0.6 is 15.9 Å². The lowest BCUT2D eigenvalue weighted by molar-refractivity contribution is 0.0747. The van der Waals surface area contributed by atoms with Gasteiger partial charge in [0, 0.05) is 41.2 Å². The number of carbonyl (C=O) groups is 1. The summed E-state index contributed by atoms with van der Waals surface area (Å²) >= 11 is 3.44. The van der Waals surface area contributed by atoms with Gasteiger partial charge in [-0.15, -0.1) is 0 Å². The second-order valence-electron chi connectivity index (χ2n) is 5.60. The summed E-state index contributed by atoms with van der Waals surface area (Å²) in [6.45, 7) is 6.39. The molecule has 0 bridgehead atoms. The molecular weight excluding hydrogens is 342 g/mol. The first-order valence-electron chi connectivity index (χ1n) is 7.29. The molecule has 5 heteroatoms. The number of nitrogens with two attached hydrogens (primary N) is 1. The van der Waals surface area contributed by atoms with Crippen LogP contribution in [0.5, 0.6) is 0 Å². The van der Waals surface area contributed by atoms with Gasteiger partial charge >= 0.3 is 0 Å². The van der Waals surface area contributed by atoms with E-state index in [1.807, 2.05) is 51.1 Å².